The zero-order valence-electron chi connectivity index (χ0n) is 96.9. The third-order valence-corrected chi connectivity index (χ3v) is 54.9. The Kier molecular flexibility index (Phi) is 24.2. The van der Waals surface area contributed by atoms with Crippen LogP contribution in [0.3, 0.4) is 0 Å². The second kappa shape index (κ2) is 32.9. The van der Waals surface area contributed by atoms with Gasteiger partial charge in [-0.3, -0.25) is 38.4 Å². The quantitative estimate of drug-likeness (QED) is 0.0524. The molecular weight excluding hydrogens is 1860 g/mol. The maximum absolute atomic E-state index is 13.6. The molecule has 24 rings (SSSR count). The molecule has 5 N–H and O–H groups in total. The summed E-state index contributed by atoms with van der Waals surface area (Å²) in [4.78, 5) is 100. The van der Waals surface area contributed by atoms with Crippen molar-refractivity contribution in [3.63, 3.8) is 0 Å². The van der Waals surface area contributed by atoms with Gasteiger partial charge in [0, 0.05) is 92.8 Å². The Morgan fingerprint density at radius 1 is 0.365 bits per heavy atom. The van der Waals surface area contributed by atoms with E-state index < -0.39 is 45.3 Å². The molecule has 0 aromatic heterocycles. The van der Waals surface area contributed by atoms with Crippen LogP contribution in [0.2, 0.25) is 0 Å². The molecule has 0 aromatic rings. The number of rotatable bonds is 12. The molecular formula is C126H193NO21. The fourth-order valence-corrected chi connectivity index (χ4v) is 48.4. The Morgan fingerprint density at radius 3 is 1.09 bits per heavy atom. The molecule has 0 bridgehead atoms. The topological polar surface area (TPSA) is 324 Å². The zero-order valence-corrected chi connectivity index (χ0v) is 96.9. The van der Waals surface area contributed by atoms with Gasteiger partial charge in [-0.2, -0.15) is 0 Å². The van der Waals surface area contributed by atoms with Gasteiger partial charge in [-0.1, -0.05) is 116 Å². The van der Waals surface area contributed by atoms with Crippen molar-refractivity contribution in [1.29, 1.82) is 0 Å². The molecule has 19 saturated carbocycles. The molecule has 4 saturated heterocycles. The van der Waals surface area contributed by atoms with Gasteiger partial charge in [-0.25, -0.2) is 0 Å². The second-order valence-electron chi connectivity index (χ2n) is 62.8. The lowest BCUT2D eigenvalue weighted by molar-refractivity contribution is -0.204. The summed E-state index contributed by atoms with van der Waals surface area (Å²) in [6, 6.07) is 0. The molecule has 20 aliphatic carbocycles. The number of esters is 5. The Bertz CT molecular complexity index is 5560. The molecule has 4 heterocycles. The Morgan fingerprint density at radius 2 is 0.709 bits per heavy atom. The van der Waals surface area contributed by atoms with Crippen molar-refractivity contribution in [2.24, 2.45) is 184 Å². The van der Waals surface area contributed by atoms with Crippen molar-refractivity contribution in [3.05, 3.63) is 11.3 Å². The van der Waals surface area contributed by atoms with Crippen LogP contribution in [0.15, 0.2) is 16.5 Å². The molecule has 0 amide bonds. The van der Waals surface area contributed by atoms with Gasteiger partial charge in [0.1, 0.15) is 46.4 Å². The summed E-state index contributed by atoms with van der Waals surface area (Å²) in [5.41, 5.74) is -1.11. The van der Waals surface area contributed by atoms with Gasteiger partial charge >= 0.3 is 29.8 Å². The van der Waals surface area contributed by atoms with E-state index in [9.17, 15) is 64.0 Å². The SMILES string of the molecule is CC(=O)O[C@H]1C[C@@]2(C)C3CCC4C(C)(C)/C(=N/O)CC[C@@]45C[C@@]35CC[C@]2(C)C1[C@]1(C)CC[C@H](C(C)(C)OC(C)=O)O1.CC(=O)O[C@H]1C[C@@]2(C)C3CCC4C(C)(C)C(=O)CC[C@@]45C[C@@]35CC[C@]2(C)C1[C@]1(C)CC[C@H](C(C)(C)OC(C)=O)O1.CC1(C)C(=O)CC[C@]23C[C@]24CC[C@]2(C)C([C@]5(C)CCC(=O)O5)C(=O)C[C@@]2(C)C4CCC13.CC1(C)C(O)=C(CO)C[C@]23C[C@]24CC[C@]2(C)C([C@]5(C)CC[C@H](C(C)(C)O)O5)[C@@H](O)C[C@@]2(C)C4CCC13. The number of allylic oxidation sites excluding steroid dienone is 1. The van der Waals surface area contributed by atoms with Crippen molar-refractivity contribution < 1.29 is 102 Å². The minimum absolute atomic E-state index is 0.0198. The number of nitrogens with zero attached hydrogens (tertiary/aromatic N) is 1. The first-order chi connectivity index (χ1) is 68.2. The third kappa shape index (κ3) is 13.9. The number of aliphatic hydroxyl groups is 4. The molecule has 148 heavy (non-hydrogen) atoms. The molecule has 22 nitrogen and oxygen atoms in total. The van der Waals surface area contributed by atoms with Crippen molar-refractivity contribution in [2.75, 3.05) is 6.61 Å². The van der Waals surface area contributed by atoms with Crippen LogP contribution in [-0.2, 0) is 76.3 Å². The third-order valence-electron chi connectivity index (χ3n) is 54.9. The average Bonchev–Trinajstić information content (AvgIpc) is 1.46. The fourth-order valence-electron chi connectivity index (χ4n) is 48.4. The van der Waals surface area contributed by atoms with Gasteiger partial charge < -0.3 is 63.5 Å². The Labute approximate surface area is 886 Å². The lowest BCUT2D eigenvalue weighted by atomic mass is 9.41. The summed E-state index contributed by atoms with van der Waals surface area (Å²) in [7, 11) is 0. The van der Waals surface area contributed by atoms with E-state index in [1.807, 2.05) is 48.5 Å². The molecule has 38 atom stereocenters. The van der Waals surface area contributed by atoms with Crippen LogP contribution in [0.25, 0.3) is 0 Å². The van der Waals surface area contributed by atoms with Gasteiger partial charge in [0.25, 0.3) is 0 Å². The molecule has 8 spiro atoms. The van der Waals surface area contributed by atoms with Crippen molar-refractivity contribution in [2.45, 2.75) is 534 Å². The predicted octanol–water partition coefficient (Wildman–Crippen LogP) is 24.7. The summed E-state index contributed by atoms with van der Waals surface area (Å²) >= 11 is 0. The molecule has 22 heteroatoms. The number of hydrogen-bond acceptors (Lipinski definition) is 22. The van der Waals surface area contributed by atoms with Gasteiger partial charge in [-0.05, 0) is 434 Å². The normalized spacial score (nSPS) is 53.2. The van der Waals surface area contributed by atoms with E-state index in [4.69, 9.17) is 37.9 Å². The molecule has 24 aliphatic rings. The van der Waals surface area contributed by atoms with Gasteiger partial charge in [-0.15, -0.1) is 0 Å². The first-order valence-electron chi connectivity index (χ1n) is 59.4. The van der Waals surface area contributed by atoms with E-state index in [2.05, 4.69) is 137 Å². The van der Waals surface area contributed by atoms with Crippen LogP contribution in [0.4, 0.5) is 0 Å². The van der Waals surface area contributed by atoms with E-state index >= 15 is 0 Å². The van der Waals surface area contributed by atoms with Gasteiger partial charge in [0.2, 0.25) is 0 Å². The predicted molar refractivity (Wildman–Crippen MR) is 562 cm³/mol. The number of carbonyl (C=O) groups excluding carboxylic acids is 8. The summed E-state index contributed by atoms with van der Waals surface area (Å²) in [6.07, 6.45) is 37.8. The van der Waals surface area contributed by atoms with Gasteiger partial charge in [0.15, 0.2) is 0 Å². The lowest BCUT2D eigenvalue weighted by Crippen LogP contribution is -2.59. The Hall–Kier alpha value is -4.87. The molecule has 828 valence electrons. The maximum atomic E-state index is 13.6. The van der Waals surface area contributed by atoms with E-state index in [0.717, 1.165) is 178 Å². The summed E-state index contributed by atoms with van der Waals surface area (Å²) in [5, 5.41) is 57.3. The maximum Gasteiger partial charge on any atom is 0.306 e. The van der Waals surface area contributed by atoms with Crippen molar-refractivity contribution in [1.82, 2.24) is 0 Å². The van der Waals surface area contributed by atoms with Crippen molar-refractivity contribution in [3.8, 4) is 0 Å². The highest BCUT2D eigenvalue weighted by atomic mass is 16.6. The number of fused-ring (bicyclic) bond motifs is 8. The fraction of sp³-hybridized carbons (Fsp3) is 0.913. The minimum atomic E-state index is -0.877. The number of Topliss-reactive ketones (excluding diaryl/α,β-unsaturated/α-hetero) is 3. The Balaban J connectivity index is 0.000000116. The van der Waals surface area contributed by atoms with Crippen LogP contribution < -0.4 is 0 Å². The minimum Gasteiger partial charge on any atom is -0.512 e. The lowest BCUT2D eigenvalue weighted by Gasteiger charge is -2.63. The van der Waals surface area contributed by atoms with Gasteiger partial charge in [0.05, 0.1) is 70.8 Å². The van der Waals surface area contributed by atoms with Crippen LogP contribution in [0, 0.1) is 179 Å². The molecule has 23 fully saturated rings. The first-order valence-corrected chi connectivity index (χ1v) is 59.4. The van der Waals surface area contributed by atoms with Crippen LogP contribution in [0.1, 0.15) is 458 Å². The number of ether oxygens (including phenoxy) is 8. The number of aliphatic hydroxyl groups excluding tert-OH is 3. The first kappa shape index (κ1) is 109. The highest BCUT2D eigenvalue weighted by molar-refractivity contribution is 5.91. The standard InChI is InChI=1S/C34H53NO6.C34H52O6.C31H50O5.C27H38O4/c1-20(36)39-22-18-31(8)24-11-10-23-28(3,4)25(35-38)12-15-33(23)19-34(24,33)17-16-30(31,7)27(22)32(9)14-13-26(41-32)29(5,6)40-21(2)37;1-20(35)38-22-18-31(8)24-11-10-23-28(3,4)25(37)12-15-33(23)19-34(24,33)17-16-30(31,7)27(22)32(9)14-13-26(40-32)29(5,6)39-21(2)36;1-25(2)20-8-9-21-28(6)15-19(33)23(29(7)11-10-22(36-29)26(3,4)35)27(28,5)12-13-30(21)17-31(20,30)14-18(16-32)24(25)34;1-22(2)17-6-7-18-24(4)14-16(28)21(25(5)10-9-20(30)31-25)23(24,3)12-13-27(18)15-26(17,27)11-8-19(22)29/h22-24,26-27,38H,10-19H2,1-9H3;22-24,26-27H,10-19H2,1-9H3;19-23,32-35H,8-17H2,1-7H3;17-18,21H,6-15H2,1-5H3/b35-25+;;;/t2*22-,23?,24?,26+,27?,30+,31-,32-,33+,34-;19-,20?,21?,22+,23?,27+,28-,29-,30-,31+;17?,18?,21?,23-,24+,25+,26-,27+/m0001/s1. The zero-order chi connectivity index (χ0) is 108. The average molecular weight is 2060 g/mol. The van der Waals surface area contributed by atoms with Crippen molar-refractivity contribution >= 4 is 52.9 Å². The summed E-state index contributed by atoms with van der Waals surface area (Å²) in [5.74, 6) is 4.82. The number of carbonyl (C=O) groups is 8. The van der Waals surface area contributed by atoms with E-state index in [1.165, 1.54) is 85.0 Å². The highest BCUT2D eigenvalue weighted by Gasteiger charge is 2.90. The number of ketones is 3. The van der Waals surface area contributed by atoms with Crippen LogP contribution >= 0.6 is 0 Å². The summed E-state index contributed by atoms with van der Waals surface area (Å²) in [6.45, 7) is 63.6. The number of cyclic esters (lactones) is 1. The molecule has 0 aromatic carbocycles. The molecule has 12 unspecified atom stereocenters. The van der Waals surface area contributed by atoms with E-state index in [-0.39, 0.29) is 166 Å². The second-order valence-corrected chi connectivity index (χ2v) is 62.8. The highest BCUT2D eigenvalue weighted by Crippen LogP contribution is 2.95. The molecule has 4 aliphatic heterocycles. The van der Waals surface area contributed by atoms with E-state index in [0.29, 0.717) is 122 Å². The largest absolute Gasteiger partial charge is 0.512 e. The number of hydrogen-bond donors (Lipinski definition) is 5. The van der Waals surface area contributed by atoms with Crippen LogP contribution in [-0.4, -0.2) is 161 Å². The van der Waals surface area contributed by atoms with Crippen LogP contribution in [0.5, 0.6) is 0 Å². The molecule has 0 radical (unpaired) electrons. The van der Waals surface area contributed by atoms with E-state index in [1.54, 1.807) is 6.92 Å². The summed E-state index contributed by atoms with van der Waals surface area (Å²) < 4.78 is 50.4. The smallest absolute Gasteiger partial charge is 0.306 e. The number of oxime groups is 1. The monoisotopic (exact) mass is 2060 g/mol.